The van der Waals surface area contributed by atoms with Crippen molar-refractivity contribution in [3.05, 3.63) is 47.3 Å². The summed E-state index contributed by atoms with van der Waals surface area (Å²) >= 11 is 12.4. The van der Waals surface area contributed by atoms with Crippen LogP contribution in [0, 0.1) is 13.8 Å². The molecule has 0 saturated carbocycles. The number of nitrogens with zero attached hydrogens (tertiary/aromatic N) is 4. The zero-order chi connectivity index (χ0) is 19.4. The van der Waals surface area contributed by atoms with E-state index in [0.29, 0.717) is 20.3 Å². The van der Waals surface area contributed by atoms with Gasteiger partial charge in [-0.05, 0) is 59.4 Å². The average molecular weight is 485 g/mol. The predicted molar refractivity (Wildman–Crippen MR) is 119 cm³/mol. The fourth-order valence-electron chi connectivity index (χ4n) is 1.39. The quantitative estimate of drug-likeness (QED) is 0.211. The SMILES string of the molecule is CS/C([S-])=N/N=C/c1ccc(C)o1.CS/C([S-])=N/N=C/c1ccc(C)o1.[Ni+2]. The second kappa shape index (κ2) is 14.9. The zero-order valence-electron chi connectivity index (χ0n) is 15.0. The zero-order valence-corrected chi connectivity index (χ0v) is 19.3. The van der Waals surface area contributed by atoms with Gasteiger partial charge in [0.2, 0.25) is 0 Å². The van der Waals surface area contributed by atoms with E-state index in [-0.39, 0.29) is 16.5 Å². The first-order valence-corrected chi connectivity index (χ1v) is 10.5. The standard InChI is InChI=1S/2C8H10N2OS2.Ni/c2*1-6-3-4-7(11-6)5-9-10-8(12)13-2;/h2*3-5H,1-2H3,(H,10,12);/q;;+2/p-2/b2*9-5+;. The molecule has 27 heavy (non-hydrogen) atoms. The van der Waals surface area contributed by atoms with E-state index >= 15 is 0 Å². The van der Waals surface area contributed by atoms with Gasteiger partial charge in [-0.3, -0.25) is 0 Å². The maximum absolute atomic E-state index is 5.24. The Kier molecular flexibility index (Phi) is 14.3. The van der Waals surface area contributed by atoms with Crippen LogP contribution in [0.5, 0.6) is 0 Å². The number of rotatable bonds is 4. The normalized spacial score (nSPS) is 12.1. The third-order valence-corrected chi connectivity index (χ3v) is 4.55. The minimum absolute atomic E-state index is 0. The molecule has 2 aromatic heterocycles. The van der Waals surface area contributed by atoms with Gasteiger partial charge in [-0.2, -0.15) is 20.4 Å². The van der Waals surface area contributed by atoms with E-state index in [1.165, 1.54) is 36.0 Å². The van der Waals surface area contributed by atoms with Crippen LogP contribution in [0.1, 0.15) is 23.0 Å². The van der Waals surface area contributed by atoms with Crippen molar-refractivity contribution in [3.63, 3.8) is 0 Å². The summed E-state index contributed by atoms with van der Waals surface area (Å²) in [5, 5.41) is 15.0. The van der Waals surface area contributed by atoms with Crippen LogP contribution in [0.15, 0.2) is 53.5 Å². The van der Waals surface area contributed by atoms with Crippen molar-refractivity contribution >= 4 is 70.0 Å². The molecule has 0 amide bonds. The molecule has 0 aliphatic heterocycles. The molecule has 148 valence electrons. The molecule has 0 bridgehead atoms. The predicted octanol–water partition coefficient (Wildman–Crippen LogP) is 4.37. The summed E-state index contributed by atoms with van der Waals surface area (Å²) in [5.41, 5.74) is 0. The van der Waals surface area contributed by atoms with E-state index in [4.69, 9.17) is 34.1 Å². The fraction of sp³-hybridized carbons (Fsp3) is 0.250. The molecule has 0 atom stereocenters. The minimum Gasteiger partial charge on any atom is -0.752 e. The first-order valence-electron chi connectivity index (χ1n) is 7.21. The Morgan fingerprint density at radius 3 is 1.44 bits per heavy atom. The van der Waals surface area contributed by atoms with Crippen molar-refractivity contribution in [1.82, 2.24) is 0 Å². The number of thioether (sulfide) groups is 2. The third kappa shape index (κ3) is 12.0. The van der Waals surface area contributed by atoms with Crippen LogP contribution in [-0.2, 0) is 41.7 Å². The van der Waals surface area contributed by atoms with E-state index < -0.39 is 0 Å². The Labute approximate surface area is 188 Å². The summed E-state index contributed by atoms with van der Waals surface area (Å²) in [6.45, 7) is 3.75. The Hall–Kier alpha value is -1.13. The largest absolute Gasteiger partial charge is 2.00 e. The summed E-state index contributed by atoms with van der Waals surface area (Å²) in [5.74, 6) is 3.08. The summed E-state index contributed by atoms with van der Waals surface area (Å²) in [6, 6.07) is 7.40. The van der Waals surface area contributed by atoms with Crippen LogP contribution in [0.2, 0.25) is 0 Å². The van der Waals surface area contributed by atoms with Gasteiger partial charge in [0.05, 0.1) is 12.4 Å². The van der Waals surface area contributed by atoms with Gasteiger partial charge in [0, 0.05) is 0 Å². The number of furan rings is 2. The first-order chi connectivity index (χ1) is 12.4. The van der Waals surface area contributed by atoms with Gasteiger partial charge in [0.1, 0.15) is 23.0 Å². The average Bonchev–Trinajstić information content (AvgIpc) is 3.23. The molecule has 0 radical (unpaired) electrons. The van der Waals surface area contributed by atoms with Crippen molar-refractivity contribution in [3.8, 4) is 0 Å². The van der Waals surface area contributed by atoms with Crippen molar-refractivity contribution in [2.75, 3.05) is 12.5 Å². The van der Waals surface area contributed by atoms with Crippen LogP contribution in [-0.4, -0.2) is 33.7 Å². The molecule has 11 heteroatoms. The van der Waals surface area contributed by atoms with Crippen molar-refractivity contribution in [2.24, 2.45) is 20.4 Å². The van der Waals surface area contributed by atoms with Crippen molar-refractivity contribution in [2.45, 2.75) is 13.8 Å². The second-order valence-corrected chi connectivity index (χ2v) is 7.41. The summed E-state index contributed by atoms with van der Waals surface area (Å²) in [4.78, 5) is 0. The van der Waals surface area contributed by atoms with E-state index in [2.05, 4.69) is 20.4 Å². The minimum atomic E-state index is 0. The van der Waals surface area contributed by atoms with Crippen LogP contribution < -0.4 is 0 Å². The summed E-state index contributed by atoms with van der Waals surface area (Å²) in [6.07, 6.45) is 6.79. The van der Waals surface area contributed by atoms with E-state index in [1.807, 2.05) is 50.6 Å². The molecular formula is C16H18N4NiO2S4. The van der Waals surface area contributed by atoms with Gasteiger partial charge in [-0.15, -0.1) is 23.5 Å². The van der Waals surface area contributed by atoms with Gasteiger partial charge in [-0.25, -0.2) is 0 Å². The number of hydrogen-bond acceptors (Lipinski definition) is 10. The molecule has 0 saturated heterocycles. The fourth-order valence-corrected chi connectivity index (χ4v) is 1.74. The number of aryl methyl sites for hydroxylation is 2. The molecule has 2 aromatic rings. The Bertz CT molecular complexity index is 734. The van der Waals surface area contributed by atoms with Crippen molar-refractivity contribution in [1.29, 1.82) is 0 Å². The Morgan fingerprint density at radius 2 is 1.19 bits per heavy atom. The molecule has 0 fully saturated rings. The van der Waals surface area contributed by atoms with Gasteiger partial charge >= 0.3 is 16.5 Å². The first kappa shape index (κ1) is 25.9. The Morgan fingerprint density at radius 1 is 0.815 bits per heavy atom. The molecule has 0 unspecified atom stereocenters. The topological polar surface area (TPSA) is 75.7 Å². The van der Waals surface area contributed by atoms with Gasteiger partial charge < -0.3 is 34.1 Å². The van der Waals surface area contributed by atoms with Gasteiger partial charge in [0.25, 0.3) is 0 Å². The monoisotopic (exact) mass is 484 g/mol. The molecule has 0 aliphatic rings. The number of hydrogen-bond donors (Lipinski definition) is 0. The van der Waals surface area contributed by atoms with Crippen LogP contribution >= 0.6 is 23.5 Å². The molecule has 0 aromatic carbocycles. The van der Waals surface area contributed by atoms with Crippen LogP contribution in [0.4, 0.5) is 0 Å². The maximum atomic E-state index is 5.24. The third-order valence-electron chi connectivity index (χ3n) is 2.52. The smallest absolute Gasteiger partial charge is 0.752 e. The van der Waals surface area contributed by atoms with E-state index in [0.717, 1.165) is 11.5 Å². The Balaban J connectivity index is 0.000000483. The van der Waals surface area contributed by atoms with Gasteiger partial charge in [-0.1, -0.05) is 0 Å². The molecule has 2 rings (SSSR count). The van der Waals surface area contributed by atoms with Crippen LogP contribution in [0.3, 0.4) is 0 Å². The molecule has 0 N–H and O–H groups in total. The van der Waals surface area contributed by atoms with Gasteiger partial charge in [0.15, 0.2) is 0 Å². The van der Waals surface area contributed by atoms with Crippen molar-refractivity contribution < 1.29 is 25.3 Å². The van der Waals surface area contributed by atoms with E-state index in [9.17, 15) is 0 Å². The maximum Gasteiger partial charge on any atom is 2.00 e. The molecule has 0 spiro atoms. The molecular weight excluding hydrogens is 467 g/mol. The second-order valence-electron chi connectivity index (χ2n) is 4.53. The van der Waals surface area contributed by atoms with Crippen LogP contribution in [0.25, 0.3) is 0 Å². The summed E-state index contributed by atoms with van der Waals surface area (Å²) < 4.78 is 11.5. The summed E-state index contributed by atoms with van der Waals surface area (Å²) in [7, 11) is 0. The molecule has 6 nitrogen and oxygen atoms in total. The molecule has 2 heterocycles. The molecule has 0 aliphatic carbocycles. The van der Waals surface area contributed by atoms with E-state index in [1.54, 1.807) is 0 Å².